The summed E-state index contributed by atoms with van der Waals surface area (Å²) in [5, 5.41) is 0. The van der Waals surface area contributed by atoms with E-state index in [1.54, 1.807) is 14.2 Å². The monoisotopic (exact) mass is 354 g/mol. The Labute approximate surface area is 157 Å². The first-order chi connectivity index (χ1) is 12.7. The lowest BCUT2D eigenvalue weighted by molar-refractivity contribution is 0.121. The molecule has 0 atom stereocenters. The first-order valence-electron chi connectivity index (χ1n) is 9.46. The van der Waals surface area contributed by atoms with Crippen molar-refractivity contribution in [2.45, 2.75) is 26.4 Å². The van der Waals surface area contributed by atoms with Gasteiger partial charge in [-0.2, -0.15) is 0 Å². The lowest BCUT2D eigenvalue weighted by Gasteiger charge is -2.35. The average molecular weight is 354 g/mol. The molecule has 2 aromatic carbocycles. The van der Waals surface area contributed by atoms with Gasteiger partial charge in [0.1, 0.15) is 0 Å². The minimum atomic E-state index is 0.805. The van der Waals surface area contributed by atoms with E-state index in [2.05, 4.69) is 47.1 Å². The zero-order chi connectivity index (χ0) is 18.4. The van der Waals surface area contributed by atoms with Gasteiger partial charge in [0.05, 0.1) is 14.2 Å². The predicted octanol–water partition coefficient (Wildman–Crippen LogP) is 3.58. The van der Waals surface area contributed by atoms with Crippen molar-refractivity contribution < 1.29 is 9.47 Å². The maximum atomic E-state index is 5.57. The maximum Gasteiger partial charge on any atom is 0.165 e. The van der Waals surface area contributed by atoms with Gasteiger partial charge in [0.25, 0.3) is 0 Å². The van der Waals surface area contributed by atoms with Crippen molar-refractivity contribution in [1.29, 1.82) is 0 Å². The summed E-state index contributed by atoms with van der Waals surface area (Å²) < 4.78 is 11.0. The molecule has 0 N–H and O–H groups in total. The van der Waals surface area contributed by atoms with Crippen LogP contribution in [0.2, 0.25) is 0 Å². The topological polar surface area (TPSA) is 24.9 Å². The Bertz CT molecular complexity index is 692. The van der Waals surface area contributed by atoms with Gasteiger partial charge in [0, 0.05) is 44.8 Å². The van der Waals surface area contributed by atoms with E-state index >= 15 is 0 Å². The first-order valence-corrected chi connectivity index (χ1v) is 9.46. The number of hydrogen-bond acceptors (Lipinski definition) is 4. The summed E-state index contributed by atoms with van der Waals surface area (Å²) in [7, 11) is 3.40. The summed E-state index contributed by atoms with van der Waals surface area (Å²) in [6.45, 7) is 8.50. The van der Waals surface area contributed by atoms with Crippen LogP contribution in [-0.2, 0) is 19.5 Å². The number of rotatable bonds is 7. The molecule has 1 fully saturated rings. The number of methoxy groups -OCH3 is 2. The smallest absolute Gasteiger partial charge is 0.165 e. The fourth-order valence-electron chi connectivity index (χ4n) is 3.56. The van der Waals surface area contributed by atoms with Crippen LogP contribution in [0.1, 0.15) is 23.6 Å². The van der Waals surface area contributed by atoms with Gasteiger partial charge in [0.2, 0.25) is 0 Å². The minimum Gasteiger partial charge on any atom is -0.493 e. The van der Waals surface area contributed by atoms with E-state index in [0.717, 1.165) is 57.2 Å². The highest BCUT2D eigenvalue weighted by molar-refractivity contribution is 5.46. The van der Waals surface area contributed by atoms with Crippen LogP contribution in [-0.4, -0.2) is 50.2 Å². The van der Waals surface area contributed by atoms with Gasteiger partial charge in [-0.15, -0.1) is 0 Å². The van der Waals surface area contributed by atoms with E-state index in [-0.39, 0.29) is 0 Å². The zero-order valence-electron chi connectivity index (χ0n) is 16.2. The molecule has 3 rings (SSSR count). The Morgan fingerprint density at radius 3 is 1.96 bits per heavy atom. The highest BCUT2D eigenvalue weighted by atomic mass is 16.5. The molecule has 2 aromatic rings. The molecular weight excluding hydrogens is 324 g/mol. The van der Waals surface area contributed by atoms with Crippen LogP contribution in [0.15, 0.2) is 42.5 Å². The molecule has 1 saturated heterocycles. The van der Waals surface area contributed by atoms with Crippen molar-refractivity contribution in [2.24, 2.45) is 0 Å². The highest BCUT2D eigenvalue weighted by Gasteiger charge is 2.19. The standard InChI is InChI=1S/C22H30N2O2/c1-4-18-8-10-19(11-9-18)16-23-12-14-24(15-13-23)17-20-6-5-7-21(25-2)22(20)26-3/h5-11H,4,12-17H2,1-3H3. The van der Waals surface area contributed by atoms with Crippen LogP contribution in [0.5, 0.6) is 11.5 Å². The fraction of sp³-hybridized carbons (Fsp3) is 0.455. The molecule has 1 heterocycles. The summed E-state index contributed by atoms with van der Waals surface area (Å²) in [6.07, 6.45) is 1.10. The van der Waals surface area contributed by atoms with Crippen LogP contribution in [0.25, 0.3) is 0 Å². The van der Waals surface area contributed by atoms with Crippen LogP contribution in [0.3, 0.4) is 0 Å². The van der Waals surface area contributed by atoms with Gasteiger partial charge in [-0.25, -0.2) is 0 Å². The van der Waals surface area contributed by atoms with E-state index in [9.17, 15) is 0 Å². The number of piperazine rings is 1. The number of nitrogens with zero attached hydrogens (tertiary/aromatic N) is 2. The predicted molar refractivity (Wildman–Crippen MR) is 106 cm³/mol. The van der Waals surface area contributed by atoms with Crippen molar-refractivity contribution in [3.05, 3.63) is 59.2 Å². The molecule has 0 aliphatic carbocycles. The van der Waals surface area contributed by atoms with Gasteiger partial charge in [-0.1, -0.05) is 43.3 Å². The molecule has 1 aliphatic rings. The second-order valence-electron chi connectivity index (χ2n) is 6.87. The van der Waals surface area contributed by atoms with E-state index in [4.69, 9.17) is 9.47 Å². The summed E-state index contributed by atoms with van der Waals surface area (Å²) in [6, 6.07) is 15.2. The minimum absolute atomic E-state index is 0.805. The lowest BCUT2D eigenvalue weighted by atomic mass is 10.1. The molecule has 4 nitrogen and oxygen atoms in total. The van der Waals surface area contributed by atoms with Crippen molar-refractivity contribution in [1.82, 2.24) is 9.80 Å². The third kappa shape index (κ3) is 4.57. The Morgan fingerprint density at radius 2 is 1.38 bits per heavy atom. The molecule has 0 spiro atoms. The van der Waals surface area contributed by atoms with Crippen LogP contribution in [0.4, 0.5) is 0 Å². The molecule has 26 heavy (non-hydrogen) atoms. The van der Waals surface area contributed by atoms with Crippen LogP contribution < -0.4 is 9.47 Å². The molecule has 0 radical (unpaired) electrons. The second-order valence-corrected chi connectivity index (χ2v) is 6.87. The number of benzene rings is 2. The Morgan fingerprint density at radius 1 is 0.769 bits per heavy atom. The Kier molecular flexibility index (Phi) is 6.53. The average Bonchev–Trinajstić information content (AvgIpc) is 2.69. The summed E-state index contributed by atoms with van der Waals surface area (Å²) in [5.41, 5.74) is 4.01. The van der Waals surface area contributed by atoms with E-state index in [0.29, 0.717) is 0 Å². The molecule has 0 amide bonds. The molecule has 0 saturated carbocycles. The molecule has 0 bridgehead atoms. The summed E-state index contributed by atoms with van der Waals surface area (Å²) >= 11 is 0. The largest absolute Gasteiger partial charge is 0.493 e. The Balaban J connectivity index is 1.54. The quantitative estimate of drug-likeness (QED) is 0.759. The summed E-state index contributed by atoms with van der Waals surface area (Å²) in [5.74, 6) is 1.66. The van der Waals surface area contributed by atoms with E-state index < -0.39 is 0 Å². The number of ether oxygens (including phenoxy) is 2. The lowest BCUT2D eigenvalue weighted by Crippen LogP contribution is -2.45. The third-order valence-corrected chi connectivity index (χ3v) is 5.18. The van der Waals surface area contributed by atoms with Gasteiger partial charge >= 0.3 is 0 Å². The normalized spacial score (nSPS) is 15.8. The molecule has 4 heteroatoms. The maximum absolute atomic E-state index is 5.57. The zero-order valence-corrected chi connectivity index (χ0v) is 16.2. The van der Waals surface area contributed by atoms with Crippen molar-refractivity contribution in [3.8, 4) is 11.5 Å². The van der Waals surface area contributed by atoms with Crippen molar-refractivity contribution in [3.63, 3.8) is 0 Å². The molecule has 0 aromatic heterocycles. The number of para-hydroxylation sites is 1. The summed E-state index contributed by atoms with van der Waals surface area (Å²) in [4.78, 5) is 5.04. The van der Waals surface area contributed by atoms with Crippen LogP contribution >= 0.6 is 0 Å². The molecular formula is C22H30N2O2. The van der Waals surface area contributed by atoms with E-state index in [1.807, 2.05) is 12.1 Å². The SMILES string of the molecule is CCc1ccc(CN2CCN(Cc3cccc(OC)c3OC)CC2)cc1. The Hall–Kier alpha value is -2.04. The molecule has 0 unspecified atom stereocenters. The van der Waals surface area contributed by atoms with E-state index in [1.165, 1.54) is 16.7 Å². The van der Waals surface area contributed by atoms with Crippen molar-refractivity contribution in [2.75, 3.05) is 40.4 Å². The third-order valence-electron chi connectivity index (χ3n) is 5.18. The van der Waals surface area contributed by atoms with Gasteiger partial charge in [-0.3, -0.25) is 9.80 Å². The van der Waals surface area contributed by atoms with Gasteiger partial charge < -0.3 is 9.47 Å². The van der Waals surface area contributed by atoms with Crippen LogP contribution in [0, 0.1) is 0 Å². The van der Waals surface area contributed by atoms with Crippen molar-refractivity contribution >= 4 is 0 Å². The molecule has 1 aliphatic heterocycles. The van der Waals surface area contributed by atoms with Gasteiger partial charge in [-0.05, 0) is 23.6 Å². The number of hydrogen-bond donors (Lipinski definition) is 0. The highest BCUT2D eigenvalue weighted by Crippen LogP contribution is 2.31. The fourth-order valence-corrected chi connectivity index (χ4v) is 3.56. The number of aryl methyl sites for hydroxylation is 1. The van der Waals surface area contributed by atoms with Gasteiger partial charge in [0.15, 0.2) is 11.5 Å². The first kappa shape index (κ1) is 18.7. The second kappa shape index (κ2) is 9.06. The molecule has 140 valence electrons.